The topological polar surface area (TPSA) is 81.9 Å². The van der Waals surface area contributed by atoms with E-state index in [0.717, 1.165) is 45.2 Å². The van der Waals surface area contributed by atoms with Gasteiger partial charge in [0.15, 0.2) is 18.1 Å². The number of primary amides is 1. The summed E-state index contributed by atoms with van der Waals surface area (Å²) in [6, 6.07) is 3.16. The SMILES string of the molecule is COc1cc(C(=O)N2CCCC3(CC=CCC3)C2)cc(Cl)c1OCC(N)=O. The first-order chi connectivity index (χ1) is 12.9. The Morgan fingerprint density at radius 3 is 2.78 bits per heavy atom. The number of hydrogen-bond donors (Lipinski definition) is 1. The van der Waals surface area contributed by atoms with Crippen LogP contribution in [0.1, 0.15) is 42.5 Å². The van der Waals surface area contributed by atoms with Crippen molar-refractivity contribution in [2.45, 2.75) is 32.1 Å². The van der Waals surface area contributed by atoms with Crippen LogP contribution in [0.15, 0.2) is 24.3 Å². The molecule has 1 spiro atoms. The Morgan fingerprint density at radius 1 is 1.30 bits per heavy atom. The predicted molar refractivity (Wildman–Crippen MR) is 103 cm³/mol. The Morgan fingerprint density at radius 2 is 2.11 bits per heavy atom. The van der Waals surface area contributed by atoms with Crippen LogP contribution in [0, 0.1) is 5.41 Å². The number of hydrogen-bond acceptors (Lipinski definition) is 4. The van der Waals surface area contributed by atoms with Crippen LogP contribution in [0.4, 0.5) is 0 Å². The van der Waals surface area contributed by atoms with Gasteiger partial charge in [-0.15, -0.1) is 0 Å². The lowest BCUT2D eigenvalue weighted by Gasteiger charge is -2.44. The van der Waals surface area contributed by atoms with Crippen LogP contribution in [0.5, 0.6) is 11.5 Å². The molecule has 6 nitrogen and oxygen atoms in total. The molecule has 0 saturated carbocycles. The maximum Gasteiger partial charge on any atom is 0.255 e. The van der Waals surface area contributed by atoms with E-state index in [-0.39, 0.29) is 28.7 Å². The number of nitrogens with zero attached hydrogens (tertiary/aromatic N) is 1. The number of ether oxygens (including phenoxy) is 2. The van der Waals surface area contributed by atoms with Gasteiger partial charge in [0.05, 0.1) is 12.1 Å². The summed E-state index contributed by atoms with van der Waals surface area (Å²) >= 11 is 6.28. The standard InChI is InChI=1S/C20H25ClN2O4/c1-26-16-11-14(10-15(21)18(16)27-12-17(22)24)19(25)23-9-5-8-20(13-23)6-3-2-4-7-20/h2-3,10-11H,4-9,12-13H2,1H3,(H2,22,24). The molecule has 3 rings (SSSR count). The molecule has 0 bridgehead atoms. The molecule has 1 fully saturated rings. The molecule has 1 aromatic carbocycles. The number of piperidine rings is 1. The van der Waals surface area contributed by atoms with Crippen LogP contribution < -0.4 is 15.2 Å². The first-order valence-electron chi connectivity index (χ1n) is 9.17. The van der Waals surface area contributed by atoms with Crippen molar-refractivity contribution in [2.75, 3.05) is 26.8 Å². The highest BCUT2D eigenvalue weighted by molar-refractivity contribution is 6.32. The summed E-state index contributed by atoms with van der Waals surface area (Å²) in [6.45, 7) is 1.19. The minimum absolute atomic E-state index is 0.0646. The van der Waals surface area contributed by atoms with Crippen molar-refractivity contribution in [2.24, 2.45) is 11.1 Å². The van der Waals surface area contributed by atoms with E-state index in [1.165, 1.54) is 7.11 Å². The molecular weight excluding hydrogens is 368 g/mol. The van der Waals surface area contributed by atoms with Gasteiger partial charge in [-0.3, -0.25) is 9.59 Å². The molecule has 2 N–H and O–H groups in total. The Labute approximate surface area is 164 Å². The van der Waals surface area contributed by atoms with Gasteiger partial charge in [0.1, 0.15) is 0 Å². The second-order valence-electron chi connectivity index (χ2n) is 7.29. The summed E-state index contributed by atoms with van der Waals surface area (Å²) in [6.07, 6.45) is 9.85. The zero-order chi connectivity index (χ0) is 19.4. The Balaban J connectivity index is 1.80. The van der Waals surface area contributed by atoms with E-state index in [0.29, 0.717) is 11.3 Å². The molecule has 27 heavy (non-hydrogen) atoms. The fourth-order valence-corrected chi connectivity index (χ4v) is 4.27. The third kappa shape index (κ3) is 4.38. The van der Waals surface area contributed by atoms with Crippen LogP contribution in [-0.4, -0.2) is 43.5 Å². The smallest absolute Gasteiger partial charge is 0.255 e. The van der Waals surface area contributed by atoms with E-state index >= 15 is 0 Å². The largest absolute Gasteiger partial charge is 0.493 e. The van der Waals surface area contributed by atoms with Crippen LogP contribution in [0.3, 0.4) is 0 Å². The monoisotopic (exact) mass is 392 g/mol. The highest BCUT2D eigenvalue weighted by atomic mass is 35.5. The lowest BCUT2D eigenvalue weighted by molar-refractivity contribution is -0.119. The average molecular weight is 393 g/mol. The summed E-state index contributed by atoms with van der Waals surface area (Å²) in [4.78, 5) is 26.0. The predicted octanol–water partition coefficient (Wildman–Crippen LogP) is 3.18. The van der Waals surface area contributed by atoms with E-state index in [1.54, 1.807) is 12.1 Å². The highest BCUT2D eigenvalue weighted by Gasteiger charge is 2.37. The lowest BCUT2D eigenvalue weighted by Crippen LogP contribution is -2.46. The van der Waals surface area contributed by atoms with Crippen LogP contribution in [-0.2, 0) is 4.79 Å². The van der Waals surface area contributed by atoms with Crippen molar-refractivity contribution in [3.8, 4) is 11.5 Å². The second-order valence-corrected chi connectivity index (χ2v) is 7.70. The third-order valence-corrected chi connectivity index (χ3v) is 5.62. The Hall–Kier alpha value is -2.21. The summed E-state index contributed by atoms with van der Waals surface area (Å²) < 4.78 is 10.6. The molecule has 1 saturated heterocycles. The van der Waals surface area contributed by atoms with Crippen LogP contribution in [0.25, 0.3) is 0 Å². The van der Waals surface area contributed by atoms with E-state index in [9.17, 15) is 9.59 Å². The van der Waals surface area contributed by atoms with Gasteiger partial charge in [0, 0.05) is 18.7 Å². The van der Waals surface area contributed by atoms with Gasteiger partial charge in [-0.25, -0.2) is 0 Å². The molecule has 0 aromatic heterocycles. The molecule has 146 valence electrons. The van der Waals surface area contributed by atoms with Gasteiger partial charge in [-0.1, -0.05) is 23.8 Å². The van der Waals surface area contributed by atoms with E-state index in [2.05, 4.69) is 12.2 Å². The first kappa shape index (κ1) is 19.5. The molecule has 1 aliphatic carbocycles. The van der Waals surface area contributed by atoms with Crippen molar-refractivity contribution < 1.29 is 19.1 Å². The maximum absolute atomic E-state index is 13.1. The van der Waals surface area contributed by atoms with Crippen molar-refractivity contribution in [1.29, 1.82) is 0 Å². The summed E-state index contributed by atoms with van der Waals surface area (Å²) in [5, 5.41) is 0.214. The summed E-state index contributed by atoms with van der Waals surface area (Å²) in [5.74, 6) is -0.167. The molecular formula is C20H25ClN2O4. The molecule has 1 heterocycles. The fraction of sp³-hybridized carbons (Fsp3) is 0.500. The molecule has 1 unspecified atom stereocenters. The first-order valence-corrected chi connectivity index (χ1v) is 9.55. The average Bonchev–Trinajstić information content (AvgIpc) is 2.66. The van der Waals surface area contributed by atoms with E-state index < -0.39 is 5.91 Å². The number of carbonyl (C=O) groups is 2. The zero-order valence-electron chi connectivity index (χ0n) is 15.5. The van der Waals surface area contributed by atoms with Crippen molar-refractivity contribution in [3.05, 3.63) is 34.9 Å². The van der Waals surface area contributed by atoms with Gasteiger partial charge < -0.3 is 20.1 Å². The summed E-state index contributed by atoms with van der Waals surface area (Å²) in [5.41, 5.74) is 5.76. The van der Waals surface area contributed by atoms with Gasteiger partial charge in [0.2, 0.25) is 0 Å². The molecule has 1 aromatic rings. The number of halogens is 1. The molecule has 0 radical (unpaired) electrons. The number of carbonyl (C=O) groups excluding carboxylic acids is 2. The third-order valence-electron chi connectivity index (χ3n) is 5.34. The van der Waals surface area contributed by atoms with Gasteiger partial charge in [0.25, 0.3) is 11.8 Å². The number of nitrogens with two attached hydrogens (primary N) is 1. The second kappa shape index (κ2) is 8.21. The number of methoxy groups -OCH3 is 1. The number of likely N-dealkylation sites (tertiary alicyclic amines) is 1. The van der Waals surface area contributed by atoms with E-state index in [4.69, 9.17) is 26.8 Å². The van der Waals surface area contributed by atoms with Crippen molar-refractivity contribution in [1.82, 2.24) is 4.90 Å². The van der Waals surface area contributed by atoms with Gasteiger partial charge in [-0.2, -0.15) is 0 Å². The molecule has 2 amide bonds. The minimum atomic E-state index is -0.617. The fourth-order valence-electron chi connectivity index (χ4n) is 4.00. The molecule has 1 atom stereocenters. The number of allylic oxidation sites excluding steroid dienone is 2. The molecule has 2 aliphatic rings. The number of amides is 2. The van der Waals surface area contributed by atoms with E-state index in [1.807, 2.05) is 4.90 Å². The van der Waals surface area contributed by atoms with Gasteiger partial charge >= 0.3 is 0 Å². The summed E-state index contributed by atoms with van der Waals surface area (Å²) in [7, 11) is 1.46. The quantitative estimate of drug-likeness (QED) is 0.780. The normalized spacial score (nSPS) is 21.9. The zero-order valence-corrected chi connectivity index (χ0v) is 16.3. The molecule has 7 heteroatoms. The minimum Gasteiger partial charge on any atom is -0.493 e. The maximum atomic E-state index is 13.1. The van der Waals surface area contributed by atoms with Crippen molar-refractivity contribution >= 4 is 23.4 Å². The van der Waals surface area contributed by atoms with Crippen LogP contribution >= 0.6 is 11.6 Å². The number of benzene rings is 1. The van der Waals surface area contributed by atoms with Crippen LogP contribution in [0.2, 0.25) is 5.02 Å². The lowest BCUT2D eigenvalue weighted by atomic mass is 9.71. The Kier molecular flexibility index (Phi) is 5.95. The number of rotatable bonds is 5. The molecule has 1 aliphatic heterocycles. The Bertz CT molecular complexity index is 765. The highest BCUT2D eigenvalue weighted by Crippen LogP contribution is 2.42. The van der Waals surface area contributed by atoms with Crippen molar-refractivity contribution in [3.63, 3.8) is 0 Å². The van der Waals surface area contributed by atoms with Gasteiger partial charge in [-0.05, 0) is 49.7 Å².